The van der Waals surface area contributed by atoms with E-state index < -0.39 is 11.5 Å². The van der Waals surface area contributed by atoms with Crippen molar-refractivity contribution in [1.29, 1.82) is 0 Å². The molecular weight excluding hydrogens is 280 g/mol. The lowest BCUT2D eigenvalue weighted by atomic mass is 9.92. The van der Waals surface area contributed by atoms with Crippen LogP contribution in [0.5, 0.6) is 0 Å². The second kappa shape index (κ2) is 5.72. The number of nitrogens with zero attached hydrogens (tertiary/aromatic N) is 1. The summed E-state index contributed by atoms with van der Waals surface area (Å²) in [5, 5.41) is 12.3. The number of carbonyl (C=O) groups excluding carboxylic acids is 1. The van der Waals surface area contributed by atoms with Crippen LogP contribution in [-0.4, -0.2) is 40.5 Å². The largest absolute Gasteiger partial charge is 0.480 e. The number of carbonyl (C=O) groups is 2. The van der Waals surface area contributed by atoms with E-state index in [1.807, 2.05) is 30.1 Å². The summed E-state index contributed by atoms with van der Waals surface area (Å²) in [4.78, 5) is 26.3. The van der Waals surface area contributed by atoms with E-state index in [9.17, 15) is 14.7 Å². The van der Waals surface area contributed by atoms with Crippen LogP contribution < -0.4 is 5.32 Å². The summed E-state index contributed by atoms with van der Waals surface area (Å²) in [6, 6.07) is 7.81. The molecular formula is C17H22N2O3. The molecule has 0 saturated heterocycles. The zero-order valence-electron chi connectivity index (χ0n) is 12.8. The predicted molar refractivity (Wildman–Crippen MR) is 82.4 cm³/mol. The van der Waals surface area contributed by atoms with Gasteiger partial charge in [-0.3, -0.25) is 9.69 Å². The fourth-order valence-corrected chi connectivity index (χ4v) is 3.64. The van der Waals surface area contributed by atoms with Crippen molar-refractivity contribution in [3.8, 4) is 0 Å². The highest BCUT2D eigenvalue weighted by molar-refractivity contribution is 5.90. The average Bonchev–Trinajstić information content (AvgIpc) is 2.96. The van der Waals surface area contributed by atoms with Crippen molar-refractivity contribution in [3.63, 3.8) is 0 Å². The third-order valence-electron chi connectivity index (χ3n) is 5.02. The first-order valence-electron chi connectivity index (χ1n) is 7.84. The Morgan fingerprint density at radius 2 is 1.86 bits per heavy atom. The van der Waals surface area contributed by atoms with Crippen molar-refractivity contribution >= 4 is 11.9 Å². The first kappa shape index (κ1) is 15.0. The van der Waals surface area contributed by atoms with Crippen LogP contribution in [0.2, 0.25) is 0 Å². The minimum absolute atomic E-state index is 0.165. The molecule has 1 aliphatic carbocycles. The number of rotatable bonds is 3. The summed E-state index contributed by atoms with van der Waals surface area (Å²) in [7, 11) is 1.92. The molecule has 1 aromatic carbocycles. The van der Waals surface area contributed by atoms with Gasteiger partial charge in [-0.15, -0.1) is 0 Å². The van der Waals surface area contributed by atoms with E-state index in [2.05, 4.69) is 11.4 Å². The van der Waals surface area contributed by atoms with Crippen molar-refractivity contribution in [3.05, 3.63) is 35.4 Å². The van der Waals surface area contributed by atoms with Crippen LogP contribution in [0.1, 0.15) is 36.8 Å². The van der Waals surface area contributed by atoms with Crippen LogP contribution in [0.3, 0.4) is 0 Å². The number of nitrogens with one attached hydrogen (secondary N) is 1. The Morgan fingerprint density at radius 1 is 1.23 bits per heavy atom. The van der Waals surface area contributed by atoms with Crippen LogP contribution >= 0.6 is 0 Å². The summed E-state index contributed by atoms with van der Waals surface area (Å²) in [5.74, 6) is -1.07. The molecule has 22 heavy (non-hydrogen) atoms. The van der Waals surface area contributed by atoms with Crippen LogP contribution in [0, 0.1) is 0 Å². The maximum atomic E-state index is 12.7. The van der Waals surface area contributed by atoms with Gasteiger partial charge >= 0.3 is 5.97 Å². The monoisotopic (exact) mass is 302 g/mol. The quantitative estimate of drug-likeness (QED) is 0.889. The molecule has 0 radical (unpaired) electrons. The molecule has 1 unspecified atom stereocenters. The Labute approximate surface area is 130 Å². The van der Waals surface area contributed by atoms with E-state index >= 15 is 0 Å². The average molecular weight is 302 g/mol. The third-order valence-corrected chi connectivity index (χ3v) is 5.02. The van der Waals surface area contributed by atoms with E-state index in [1.165, 1.54) is 11.1 Å². The van der Waals surface area contributed by atoms with Gasteiger partial charge in [0.15, 0.2) is 0 Å². The third kappa shape index (κ3) is 2.61. The zero-order chi connectivity index (χ0) is 15.7. The van der Waals surface area contributed by atoms with Gasteiger partial charge in [0, 0.05) is 6.54 Å². The zero-order valence-corrected chi connectivity index (χ0v) is 12.8. The van der Waals surface area contributed by atoms with Gasteiger partial charge < -0.3 is 10.4 Å². The van der Waals surface area contributed by atoms with Gasteiger partial charge in [0.25, 0.3) is 0 Å². The van der Waals surface area contributed by atoms with Gasteiger partial charge in [-0.1, -0.05) is 37.1 Å². The summed E-state index contributed by atoms with van der Waals surface area (Å²) in [6.07, 6.45) is 3.40. The van der Waals surface area contributed by atoms with E-state index in [0.29, 0.717) is 25.8 Å². The molecule has 2 N–H and O–H groups in total. The molecule has 3 rings (SSSR count). The molecule has 118 valence electrons. The number of carboxylic acid groups (broad SMARTS) is 1. The number of hydrogen-bond acceptors (Lipinski definition) is 3. The van der Waals surface area contributed by atoms with Crippen LogP contribution in [0.25, 0.3) is 0 Å². The molecule has 1 amide bonds. The molecule has 1 fully saturated rings. The van der Waals surface area contributed by atoms with Gasteiger partial charge in [0.05, 0.1) is 6.04 Å². The Balaban J connectivity index is 1.77. The van der Waals surface area contributed by atoms with Crippen molar-refractivity contribution in [2.45, 2.75) is 50.2 Å². The maximum Gasteiger partial charge on any atom is 0.329 e. The topological polar surface area (TPSA) is 69.6 Å². The number of hydrogen-bond donors (Lipinski definition) is 2. The minimum atomic E-state index is -1.06. The number of benzene rings is 1. The highest BCUT2D eigenvalue weighted by atomic mass is 16.4. The number of carboxylic acids is 1. The standard InChI is InChI=1S/C17H22N2O3/c1-19-11-13-7-3-2-6-12(13)10-14(19)15(20)18-17(16(21)22)8-4-5-9-17/h2-3,6-7,14H,4-5,8-11H2,1H3,(H,18,20)(H,21,22). The fraction of sp³-hybridized carbons (Fsp3) is 0.529. The Hall–Kier alpha value is -1.88. The SMILES string of the molecule is CN1Cc2ccccc2CC1C(=O)NC1(C(=O)O)CCCC1. The lowest BCUT2D eigenvalue weighted by Gasteiger charge is -2.35. The summed E-state index contributed by atoms with van der Waals surface area (Å²) >= 11 is 0. The number of likely N-dealkylation sites (N-methyl/N-ethyl adjacent to an activating group) is 1. The lowest BCUT2D eigenvalue weighted by molar-refractivity contribution is -0.148. The van der Waals surface area contributed by atoms with Gasteiger partial charge in [0.1, 0.15) is 5.54 Å². The normalized spacial score (nSPS) is 23.8. The van der Waals surface area contributed by atoms with Crippen LogP contribution in [-0.2, 0) is 22.6 Å². The Bertz CT molecular complexity index is 593. The number of amides is 1. The second-order valence-electron chi connectivity index (χ2n) is 6.49. The van der Waals surface area contributed by atoms with Gasteiger partial charge in [-0.25, -0.2) is 4.79 Å². The Morgan fingerprint density at radius 3 is 2.50 bits per heavy atom. The molecule has 2 aliphatic rings. The lowest BCUT2D eigenvalue weighted by Crippen LogP contribution is -2.58. The summed E-state index contributed by atoms with van der Waals surface area (Å²) in [5.41, 5.74) is 1.36. The van der Waals surface area contributed by atoms with Crippen LogP contribution in [0.4, 0.5) is 0 Å². The molecule has 1 aromatic rings. The van der Waals surface area contributed by atoms with Crippen molar-refractivity contribution in [2.75, 3.05) is 7.05 Å². The maximum absolute atomic E-state index is 12.7. The minimum Gasteiger partial charge on any atom is -0.480 e. The van der Waals surface area contributed by atoms with Crippen molar-refractivity contribution < 1.29 is 14.7 Å². The first-order chi connectivity index (χ1) is 10.5. The van der Waals surface area contributed by atoms with E-state index in [4.69, 9.17) is 0 Å². The highest BCUT2D eigenvalue weighted by Gasteiger charge is 2.44. The Kier molecular flexibility index (Phi) is 3.91. The molecule has 0 aromatic heterocycles. The summed E-state index contributed by atoms with van der Waals surface area (Å²) < 4.78 is 0. The number of fused-ring (bicyclic) bond motifs is 1. The fourth-order valence-electron chi connectivity index (χ4n) is 3.64. The summed E-state index contributed by atoms with van der Waals surface area (Å²) in [6.45, 7) is 0.717. The molecule has 0 bridgehead atoms. The second-order valence-corrected chi connectivity index (χ2v) is 6.49. The smallest absolute Gasteiger partial charge is 0.329 e. The number of aliphatic carboxylic acids is 1. The van der Waals surface area contributed by atoms with E-state index in [1.54, 1.807) is 0 Å². The van der Waals surface area contributed by atoms with Crippen molar-refractivity contribution in [1.82, 2.24) is 10.2 Å². The molecule has 1 saturated carbocycles. The molecule has 0 spiro atoms. The molecule has 5 nitrogen and oxygen atoms in total. The van der Waals surface area contributed by atoms with Gasteiger partial charge in [-0.05, 0) is 37.4 Å². The van der Waals surface area contributed by atoms with Crippen LogP contribution in [0.15, 0.2) is 24.3 Å². The van der Waals surface area contributed by atoms with E-state index in [0.717, 1.165) is 12.8 Å². The molecule has 1 atom stereocenters. The molecule has 1 heterocycles. The highest BCUT2D eigenvalue weighted by Crippen LogP contribution is 2.31. The first-order valence-corrected chi connectivity index (χ1v) is 7.84. The molecule has 5 heteroatoms. The van der Waals surface area contributed by atoms with Gasteiger partial charge in [-0.2, -0.15) is 0 Å². The van der Waals surface area contributed by atoms with Crippen molar-refractivity contribution in [2.24, 2.45) is 0 Å². The molecule has 1 aliphatic heterocycles. The predicted octanol–water partition coefficient (Wildman–Crippen LogP) is 1.56. The van der Waals surface area contributed by atoms with Gasteiger partial charge in [0.2, 0.25) is 5.91 Å². The van der Waals surface area contributed by atoms with E-state index in [-0.39, 0.29) is 11.9 Å².